The first-order valence-corrected chi connectivity index (χ1v) is 4.70. The van der Waals surface area contributed by atoms with E-state index in [1.807, 2.05) is 10.6 Å². The number of amides is 4. The standard InChI is InChI=1S/C9H12N2O5/c1-3-9(4-5(12)16-2)6(13)10-8(15)11-7(9)14/h3-4H2,1-2H3,(H2,10,11,13,14,15). The molecule has 0 unspecified atom stereocenters. The highest BCUT2D eigenvalue weighted by Crippen LogP contribution is 2.29. The molecule has 0 aromatic heterocycles. The molecule has 0 saturated carbocycles. The smallest absolute Gasteiger partial charge is 0.328 e. The molecule has 0 radical (unpaired) electrons. The van der Waals surface area contributed by atoms with E-state index in [-0.39, 0.29) is 12.8 Å². The number of hydrogen-bond donors (Lipinski definition) is 2. The number of barbiturate groups is 1. The van der Waals surface area contributed by atoms with E-state index in [0.717, 1.165) is 7.11 Å². The summed E-state index contributed by atoms with van der Waals surface area (Å²) in [6.45, 7) is 1.58. The second-order valence-corrected chi connectivity index (χ2v) is 3.43. The Labute approximate surface area is 91.5 Å². The molecule has 0 bridgehead atoms. The molecule has 1 heterocycles. The fourth-order valence-corrected chi connectivity index (χ4v) is 1.51. The van der Waals surface area contributed by atoms with Crippen LogP contribution in [0.3, 0.4) is 0 Å². The van der Waals surface area contributed by atoms with Crippen molar-refractivity contribution in [2.45, 2.75) is 19.8 Å². The van der Waals surface area contributed by atoms with E-state index in [2.05, 4.69) is 4.74 Å². The Hall–Kier alpha value is -1.92. The molecule has 1 aliphatic rings. The molecule has 1 fully saturated rings. The fourth-order valence-electron chi connectivity index (χ4n) is 1.51. The Bertz CT molecular complexity index is 343. The minimum Gasteiger partial charge on any atom is -0.469 e. The van der Waals surface area contributed by atoms with Crippen LogP contribution in [0.4, 0.5) is 4.79 Å². The monoisotopic (exact) mass is 228 g/mol. The van der Waals surface area contributed by atoms with Gasteiger partial charge in [-0.2, -0.15) is 0 Å². The van der Waals surface area contributed by atoms with Crippen LogP contribution in [0.1, 0.15) is 19.8 Å². The van der Waals surface area contributed by atoms with Crippen LogP contribution >= 0.6 is 0 Å². The maximum atomic E-state index is 11.6. The zero-order valence-electron chi connectivity index (χ0n) is 8.96. The average Bonchev–Trinajstić information content (AvgIpc) is 2.23. The summed E-state index contributed by atoms with van der Waals surface area (Å²) in [5.41, 5.74) is -1.55. The van der Waals surface area contributed by atoms with Gasteiger partial charge in [0.1, 0.15) is 5.41 Å². The van der Waals surface area contributed by atoms with E-state index in [4.69, 9.17) is 0 Å². The zero-order valence-corrected chi connectivity index (χ0v) is 8.96. The van der Waals surface area contributed by atoms with Gasteiger partial charge in [0.2, 0.25) is 11.8 Å². The summed E-state index contributed by atoms with van der Waals surface area (Å²) in [5, 5.41) is 3.93. The minimum absolute atomic E-state index is 0.104. The third-order valence-electron chi connectivity index (χ3n) is 2.60. The number of methoxy groups -OCH3 is 1. The lowest BCUT2D eigenvalue weighted by Gasteiger charge is -2.31. The molecular weight excluding hydrogens is 216 g/mol. The third kappa shape index (κ3) is 1.88. The first-order chi connectivity index (χ1) is 7.46. The summed E-state index contributed by atoms with van der Waals surface area (Å²) in [6, 6.07) is -0.871. The predicted molar refractivity (Wildman–Crippen MR) is 51.0 cm³/mol. The summed E-state index contributed by atoms with van der Waals surface area (Å²) in [7, 11) is 1.16. The summed E-state index contributed by atoms with van der Waals surface area (Å²) in [4.78, 5) is 45.3. The molecule has 88 valence electrons. The van der Waals surface area contributed by atoms with E-state index in [0.29, 0.717) is 0 Å². The summed E-state index contributed by atoms with van der Waals surface area (Å²) in [5.74, 6) is -2.22. The van der Waals surface area contributed by atoms with Gasteiger partial charge in [-0.25, -0.2) is 4.79 Å². The first-order valence-electron chi connectivity index (χ1n) is 4.70. The summed E-state index contributed by atoms with van der Waals surface area (Å²) in [6.07, 6.45) is -0.280. The summed E-state index contributed by atoms with van der Waals surface area (Å²) >= 11 is 0. The number of carbonyl (C=O) groups excluding carboxylic acids is 4. The Kier molecular flexibility index (Phi) is 3.26. The van der Waals surface area contributed by atoms with Crippen LogP contribution in [-0.4, -0.2) is 30.9 Å². The zero-order chi connectivity index (χ0) is 12.3. The Morgan fingerprint density at radius 2 is 1.75 bits per heavy atom. The lowest BCUT2D eigenvalue weighted by Crippen LogP contribution is -2.62. The number of nitrogens with one attached hydrogen (secondary N) is 2. The number of ether oxygens (including phenoxy) is 1. The highest BCUT2D eigenvalue weighted by atomic mass is 16.5. The molecule has 7 heteroatoms. The van der Waals surface area contributed by atoms with Gasteiger partial charge in [-0.15, -0.1) is 0 Å². The van der Waals surface area contributed by atoms with Gasteiger partial charge in [-0.05, 0) is 6.42 Å². The molecule has 2 N–H and O–H groups in total. The number of urea groups is 1. The molecule has 16 heavy (non-hydrogen) atoms. The SMILES string of the molecule is CCC1(CC(=O)OC)C(=O)NC(=O)NC1=O. The van der Waals surface area contributed by atoms with Gasteiger partial charge in [-0.1, -0.05) is 6.92 Å². The van der Waals surface area contributed by atoms with Gasteiger partial charge in [0.25, 0.3) is 0 Å². The van der Waals surface area contributed by atoms with Crippen LogP contribution in [0, 0.1) is 5.41 Å². The normalized spacial score (nSPS) is 18.8. The Morgan fingerprint density at radius 1 is 1.25 bits per heavy atom. The van der Waals surface area contributed by atoms with E-state index >= 15 is 0 Å². The number of rotatable bonds is 3. The van der Waals surface area contributed by atoms with Gasteiger partial charge in [0.15, 0.2) is 0 Å². The lowest BCUT2D eigenvalue weighted by molar-refractivity contribution is -0.155. The predicted octanol–water partition coefficient (Wildman–Crippen LogP) is -0.688. The fraction of sp³-hybridized carbons (Fsp3) is 0.556. The van der Waals surface area contributed by atoms with Gasteiger partial charge in [0, 0.05) is 0 Å². The number of carbonyl (C=O) groups is 4. The molecule has 0 aliphatic carbocycles. The highest BCUT2D eigenvalue weighted by molar-refractivity contribution is 6.20. The van der Waals surface area contributed by atoms with Crippen molar-refractivity contribution in [3.63, 3.8) is 0 Å². The van der Waals surface area contributed by atoms with Gasteiger partial charge in [0.05, 0.1) is 13.5 Å². The molecule has 7 nitrogen and oxygen atoms in total. The van der Waals surface area contributed by atoms with Crippen molar-refractivity contribution >= 4 is 23.8 Å². The number of hydrogen-bond acceptors (Lipinski definition) is 5. The van der Waals surface area contributed by atoms with Crippen LogP contribution in [-0.2, 0) is 19.1 Å². The molecule has 0 aromatic carbocycles. The molecule has 1 aliphatic heterocycles. The number of imide groups is 2. The maximum absolute atomic E-state index is 11.6. The maximum Gasteiger partial charge on any atom is 0.328 e. The van der Waals surface area contributed by atoms with Crippen molar-refractivity contribution in [1.82, 2.24) is 10.6 Å². The first kappa shape index (κ1) is 12.2. The molecule has 0 atom stereocenters. The van der Waals surface area contributed by atoms with Crippen molar-refractivity contribution in [2.75, 3.05) is 7.11 Å². The lowest BCUT2D eigenvalue weighted by atomic mass is 9.78. The molecule has 0 aromatic rings. The Morgan fingerprint density at radius 3 is 2.12 bits per heavy atom. The van der Waals surface area contributed by atoms with E-state index < -0.39 is 29.2 Å². The van der Waals surface area contributed by atoms with E-state index in [9.17, 15) is 19.2 Å². The van der Waals surface area contributed by atoms with Crippen LogP contribution in [0.15, 0.2) is 0 Å². The van der Waals surface area contributed by atoms with Crippen molar-refractivity contribution in [2.24, 2.45) is 5.41 Å². The molecule has 4 amide bonds. The second kappa shape index (κ2) is 4.30. The van der Waals surface area contributed by atoms with Crippen LogP contribution in [0.25, 0.3) is 0 Å². The van der Waals surface area contributed by atoms with Gasteiger partial charge >= 0.3 is 12.0 Å². The minimum atomic E-state index is -1.55. The van der Waals surface area contributed by atoms with E-state index in [1.165, 1.54) is 0 Å². The molecule has 1 rings (SSSR count). The Balaban J connectivity index is 3.00. The quantitative estimate of drug-likeness (QED) is 0.492. The molecule has 0 spiro atoms. The average molecular weight is 228 g/mol. The van der Waals surface area contributed by atoms with Gasteiger partial charge < -0.3 is 4.74 Å². The topological polar surface area (TPSA) is 102 Å². The van der Waals surface area contributed by atoms with Crippen LogP contribution in [0.2, 0.25) is 0 Å². The van der Waals surface area contributed by atoms with Gasteiger partial charge in [-0.3, -0.25) is 25.0 Å². The summed E-state index contributed by atoms with van der Waals surface area (Å²) < 4.78 is 4.42. The second-order valence-electron chi connectivity index (χ2n) is 3.43. The van der Waals surface area contributed by atoms with Crippen molar-refractivity contribution in [3.8, 4) is 0 Å². The third-order valence-corrected chi connectivity index (χ3v) is 2.60. The van der Waals surface area contributed by atoms with Crippen LogP contribution in [0.5, 0.6) is 0 Å². The van der Waals surface area contributed by atoms with Crippen LogP contribution < -0.4 is 10.6 Å². The molecule has 1 saturated heterocycles. The number of esters is 1. The highest BCUT2D eigenvalue weighted by Gasteiger charge is 2.50. The van der Waals surface area contributed by atoms with Crippen molar-refractivity contribution in [1.29, 1.82) is 0 Å². The van der Waals surface area contributed by atoms with E-state index in [1.54, 1.807) is 6.92 Å². The molecular formula is C9H12N2O5. The van der Waals surface area contributed by atoms with Crippen molar-refractivity contribution in [3.05, 3.63) is 0 Å². The van der Waals surface area contributed by atoms with Crippen molar-refractivity contribution < 1.29 is 23.9 Å². The largest absolute Gasteiger partial charge is 0.469 e.